The number of amides is 1. The maximum Gasteiger partial charge on any atom is 0.253 e. The third-order valence-corrected chi connectivity index (χ3v) is 3.18. The predicted molar refractivity (Wildman–Crippen MR) is 71.3 cm³/mol. The van der Waals surface area contributed by atoms with Crippen LogP contribution in [0, 0.1) is 0 Å². The van der Waals surface area contributed by atoms with Gasteiger partial charge in [0.1, 0.15) is 6.10 Å². The van der Waals surface area contributed by atoms with E-state index in [0.29, 0.717) is 6.61 Å². The molecule has 4 heteroatoms. The Labute approximate surface area is 108 Å². The van der Waals surface area contributed by atoms with Gasteiger partial charge in [-0.3, -0.25) is 4.79 Å². The first-order valence-electron chi connectivity index (χ1n) is 6.45. The van der Waals surface area contributed by atoms with Gasteiger partial charge in [0.15, 0.2) is 0 Å². The molecule has 1 saturated heterocycles. The Morgan fingerprint density at radius 1 is 1.44 bits per heavy atom. The molecule has 0 aliphatic carbocycles. The summed E-state index contributed by atoms with van der Waals surface area (Å²) in [6.45, 7) is 2.58. The highest BCUT2D eigenvalue weighted by Crippen LogP contribution is 2.22. The number of rotatable bonds is 3. The maximum absolute atomic E-state index is 12.1. The van der Waals surface area contributed by atoms with Crippen LogP contribution >= 0.6 is 0 Å². The molecule has 1 aromatic carbocycles. The van der Waals surface area contributed by atoms with Gasteiger partial charge in [-0.1, -0.05) is 18.2 Å². The van der Waals surface area contributed by atoms with Gasteiger partial charge >= 0.3 is 0 Å². The number of ether oxygens (including phenoxy) is 1. The zero-order chi connectivity index (χ0) is 13.0. The van der Waals surface area contributed by atoms with Gasteiger partial charge < -0.3 is 15.8 Å². The molecule has 1 aliphatic rings. The average Bonchev–Trinajstić information content (AvgIpc) is 2.40. The van der Waals surface area contributed by atoms with E-state index < -0.39 is 0 Å². The van der Waals surface area contributed by atoms with Crippen molar-refractivity contribution in [2.75, 3.05) is 11.9 Å². The molecule has 1 aliphatic heterocycles. The molecule has 0 radical (unpaired) electrons. The molecule has 1 aromatic rings. The summed E-state index contributed by atoms with van der Waals surface area (Å²) in [6.07, 6.45) is 2.57. The predicted octanol–water partition coefficient (Wildman–Crippen LogP) is 2.21. The van der Waals surface area contributed by atoms with Crippen molar-refractivity contribution in [3.05, 3.63) is 29.8 Å². The molecule has 0 bridgehead atoms. The molecule has 0 aromatic heterocycles. The zero-order valence-corrected chi connectivity index (χ0v) is 10.7. The van der Waals surface area contributed by atoms with Crippen LogP contribution in [0.2, 0.25) is 0 Å². The lowest BCUT2D eigenvalue weighted by atomic mass is 10.1. The Morgan fingerprint density at radius 2 is 2.22 bits per heavy atom. The minimum Gasteiger partial charge on any atom is -0.368 e. The van der Waals surface area contributed by atoms with Crippen molar-refractivity contribution in [1.29, 1.82) is 0 Å². The molecular formula is C14H20N2O2. The number of carbonyl (C=O) groups excluding carboxylic acids is 1. The standard InChI is InChI=1S/C14H20N2O2/c1-10(15)11-6-2-3-7-12(11)16-14(17)13-8-4-5-9-18-13/h2-3,6-7,10,13H,4-5,8-9,15H2,1H3,(H,16,17). The van der Waals surface area contributed by atoms with E-state index in [0.717, 1.165) is 30.5 Å². The van der Waals surface area contributed by atoms with Gasteiger partial charge in [-0.15, -0.1) is 0 Å². The number of hydrogen-bond donors (Lipinski definition) is 2. The van der Waals surface area contributed by atoms with Gasteiger partial charge in [-0.2, -0.15) is 0 Å². The smallest absolute Gasteiger partial charge is 0.253 e. The molecule has 3 N–H and O–H groups in total. The monoisotopic (exact) mass is 248 g/mol. The molecule has 1 amide bonds. The van der Waals surface area contributed by atoms with E-state index in [1.54, 1.807) is 0 Å². The Balaban J connectivity index is 2.06. The summed E-state index contributed by atoms with van der Waals surface area (Å²) in [7, 11) is 0. The Kier molecular flexibility index (Phi) is 4.33. The number of para-hydroxylation sites is 1. The van der Waals surface area contributed by atoms with Gasteiger partial charge in [0.25, 0.3) is 5.91 Å². The lowest BCUT2D eigenvalue weighted by Gasteiger charge is -2.22. The quantitative estimate of drug-likeness (QED) is 0.862. The zero-order valence-electron chi connectivity index (χ0n) is 10.7. The molecular weight excluding hydrogens is 228 g/mol. The summed E-state index contributed by atoms with van der Waals surface area (Å²) in [4.78, 5) is 12.1. The second-order valence-corrected chi connectivity index (χ2v) is 4.72. The van der Waals surface area contributed by atoms with Crippen LogP contribution < -0.4 is 11.1 Å². The largest absolute Gasteiger partial charge is 0.368 e. The number of nitrogens with one attached hydrogen (secondary N) is 1. The molecule has 0 spiro atoms. The number of carbonyl (C=O) groups is 1. The van der Waals surface area contributed by atoms with Crippen molar-refractivity contribution in [1.82, 2.24) is 0 Å². The van der Waals surface area contributed by atoms with Crippen molar-refractivity contribution < 1.29 is 9.53 Å². The molecule has 4 nitrogen and oxygen atoms in total. The van der Waals surface area contributed by atoms with Crippen molar-refractivity contribution in [3.63, 3.8) is 0 Å². The Bertz CT molecular complexity index is 412. The normalized spacial score (nSPS) is 21.3. The number of hydrogen-bond acceptors (Lipinski definition) is 3. The van der Waals surface area contributed by atoms with E-state index in [1.165, 1.54) is 0 Å². The first-order chi connectivity index (χ1) is 8.68. The maximum atomic E-state index is 12.1. The molecule has 18 heavy (non-hydrogen) atoms. The summed E-state index contributed by atoms with van der Waals surface area (Å²) in [5, 5.41) is 2.92. The van der Waals surface area contributed by atoms with Crippen molar-refractivity contribution in [3.8, 4) is 0 Å². The highest BCUT2D eigenvalue weighted by molar-refractivity contribution is 5.94. The van der Waals surface area contributed by atoms with Gasteiger partial charge in [0.05, 0.1) is 0 Å². The van der Waals surface area contributed by atoms with Crippen LogP contribution in [0.3, 0.4) is 0 Å². The van der Waals surface area contributed by atoms with E-state index >= 15 is 0 Å². The van der Waals surface area contributed by atoms with Crippen LogP contribution in [0.1, 0.15) is 37.8 Å². The lowest BCUT2D eigenvalue weighted by Crippen LogP contribution is -2.33. The number of benzene rings is 1. The Hall–Kier alpha value is -1.39. The highest BCUT2D eigenvalue weighted by Gasteiger charge is 2.22. The summed E-state index contributed by atoms with van der Waals surface area (Å²) in [5.41, 5.74) is 7.62. The summed E-state index contributed by atoms with van der Waals surface area (Å²) in [6, 6.07) is 7.52. The number of anilines is 1. The van der Waals surface area contributed by atoms with Crippen LogP contribution in [0.5, 0.6) is 0 Å². The van der Waals surface area contributed by atoms with Crippen LogP contribution in [-0.2, 0) is 9.53 Å². The van der Waals surface area contributed by atoms with E-state index in [4.69, 9.17) is 10.5 Å². The van der Waals surface area contributed by atoms with Crippen molar-refractivity contribution >= 4 is 11.6 Å². The van der Waals surface area contributed by atoms with Gasteiger partial charge in [0.2, 0.25) is 0 Å². The van der Waals surface area contributed by atoms with E-state index in [-0.39, 0.29) is 18.1 Å². The van der Waals surface area contributed by atoms with E-state index in [9.17, 15) is 4.79 Å². The van der Waals surface area contributed by atoms with Crippen molar-refractivity contribution in [2.24, 2.45) is 5.73 Å². The first kappa shape index (κ1) is 13.1. The second kappa shape index (κ2) is 5.98. The number of nitrogens with two attached hydrogens (primary N) is 1. The lowest BCUT2D eigenvalue weighted by molar-refractivity contribution is -0.129. The van der Waals surface area contributed by atoms with Crippen molar-refractivity contribution in [2.45, 2.75) is 38.3 Å². The fourth-order valence-corrected chi connectivity index (χ4v) is 2.17. The fourth-order valence-electron chi connectivity index (χ4n) is 2.17. The third kappa shape index (κ3) is 3.09. The third-order valence-electron chi connectivity index (χ3n) is 3.18. The molecule has 98 valence electrons. The fraction of sp³-hybridized carbons (Fsp3) is 0.500. The van der Waals surface area contributed by atoms with E-state index in [2.05, 4.69) is 5.32 Å². The Morgan fingerprint density at radius 3 is 2.89 bits per heavy atom. The van der Waals surface area contributed by atoms with Crippen LogP contribution in [0.15, 0.2) is 24.3 Å². The minimum absolute atomic E-state index is 0.0669. The summed E-state index contributed by atoms with van der Waals surface area (Å²) < 4.78 is 5.47. The first-order valence-corrected chi connectivity index (χ1v) is 6.45. The summed E-state index contributed by atoms with van der Waals surface area (Å²) in [5.74, 6) is -0.0669. The average molecular weight is 248 g/mol. The van der Waals surface area contributed by atoms with Crippen LogP contribution in [-0.4, -0.2) is 18.6 Å². The summed E-state index contributed by atoms with van der Waals surface area (Å²) >= 11 is 0. The van der Waals surface area contributed by atoms with Crippen LogP contribution in [0.25, 0.3) is 0 Å². The molecule has 2 atom stereocenters. The van der Waals surface area contributed by atoms with Gasteiger partial charge in [-0.05, 0) is 37.8 Å². The highest BCUT2D eigenvalue weighted by atomic mass is 16.5. The van der Waals surface area contributed by atoms with Gasteiger partial charge in [0, 0.05) is 18.3 Å². The molecule has 1 fully saturated rings. The van der Waals surface area contributed by atoms with E-state index in [1.807, 2.05) is 31.2 Å². The molecule has 0 saturated carbocycles. The SMILES string of the molecule is CC(N)c1ccccc1NC(=O)C1CCCCO1. The second-order valence-electron chi connectivity index (χ2n) is 4.72. The topological polar surface area (TPSA) is 64.3 Å². The molecule has 1 heterocycles. The van der Waals surface area contributed by atoms with Crippen LogP contribution in [0.4, 0.5) is 5.69 Å². The molecule has 2 rings (SSSR count). The minimum atomic E-state index is -0.320. The van der Waals surface area contributed by atoms with Gasteiger partial charge in [-0.25, -0.2) is 0 Å². The molecule has 2 unspecified atom stereocenters.